The van der Waals surface area contributed by atoms with E-state index in [9.17, 15) is 0 Å². The van der Waals surface area contributed by atoms with Gasteiger partial charge in [0.2, 0.25) is 0 Å². The van der Waals surface area contributed by atoms with Crippen LogP contribution in [0.2, 0.25) is 0 Å². The number of hydrogen-bond acceptors (Lipinski definition) is 4. The molecule has 2 rings (SSSR count). The van der Waals surface area contributed by atoms with Crippen LogP contribution in [0.3, 0.4) is 0 Å². The number of nitrogens with zero attached hydrogens (tertiary/aromatic N) is 1. The van der Waals surface area contributed by atoms with E-state index < -0.39 is 0 Å². The quantitative estimate of drug-likeness (QED) is 0.828. The fourth-order valence-electron chi connectivity index (χ4n) is 2.54. The monoisotopic (exact) mass is 278 g/mol. The smallest absolute Gasteiger partial charge is 0.119 e. The van der Waals surface area contributed by atoms with Gasteiger partial charge in [-0.2, -0.15) is 0 Å². The number of ether oxygens (including phenoxy) is 2. The van der Waals surface area contributed by atoms with E-state index in [4.69, 9.17) is 9.47 Å². The van der Waals surface area contributed by atoms with Crippen molar-refractivity contribution >= 4 is 0 Å². The summed E-state index contributed by atoms with van der Waals surface area (Å²) in [5.41, 5.74) is 0. The van der Waals surface area contributed by atoms with Gasteiger partial charge in [0.25, 0.3) is 0 Å². The predicted octanol–water partition coefficient (Wildman–Crippen LogP) is 2.15. The molecule has 1 heterocycles. The number of piperidine rings is 1. The Morgan fingerprint density at radius 2 is 1.70 bits per heavy atom. The first-order chi connectivity index (χ1) is 9.79. The van der Waals surface area contributed by atoms with E-state index in [2.05, 4.69) is 17.3 Å². The average molecular weight is 278 g/mol. The Bertz CT molecular complexity index is 375. The summed E-state index contributed by atoms with van der Waals surface area (Å²) in [4.78, 5) is 2.41. The number of likely N-dealkylation sites (N-methyl/N-ethyl adjacent to an activating group) is 1. The summed E-state index contributed by atoms with van der Waals surface area (Å²) >= 11 is 0. The lowest BCUT2D eigenvalue weighted by Gasteiger charge is -2.31. The molecule has 0 saturated carbocycles. The normalized spacial score (nSPS) is 16.4. The molecule has 1 N–H and O–H groups in total. The number of hydrogen-bond donors (Lipinski definition) is 1. The second-order valence-corrected chi connectivity index (χ2v) is 5.21. The Labute approximate surface area is 122 Å². The van der Waals surface area contributed by atoms with Gasteiger partial charge in [0.15, 0.2) is 0 Å². The maximum Gasteiger partial charge on any atom is 0.119 e. The van der Waals surface area contributed by atoms with Crippen molar-refractivity contribution in [1.82, 2.24) is 10.2 Å². The van der Waals surface area contributed by atoms with Crippen molar-refractivity contribution < 1.29 is 9.47 Å². The van der Waals surface area contributed by atoms with Crippen LogP contribution in [0.25, 0.3) is 0 Å². The molecule has 0 unspecified atom stereocenters. The van der Waals surface area contributed by atoms with E-state index in [1.165, 1.54) is 12.8 Å². The fourth-order valence-corrected chi connectivity index (χ4v) is 2.54. The van der Waals surface area contributed by atoms with Crippen molar-refractivity contribution in [3.05, 3.63) is 24.3 Å². The van der Waals surface area contributed by atoms with Crippen molar-refractivity contribution in [2.75, 3.05) is 39.9 Å². The lowest BCUT2D eigenvalue weighted by Crippen LogP contribution is -2.42. The summed E-state index contributed by atoms with van der Waals surface area (Å²) in [6, 6.07) is 8.54. The number of nitrogens with one attached hydrogen (secondary N) is 1. The lowest BCUT2D eigenvalue weighted by molar-refractivity contribution is 0.165. The third-order valence-electron chi connectivity index (χ3n) is 3.78. The Morgan fingerprint density at radius 3 is 2.30 bits per heavy atom. The van der Waals surface area contributed by atoms with E-state index in [0.717, 1.165) is 37.7 Å². The molecule has 0 radical (unpaired) electrons. The van der Waals surface area contributed by atoms with Gasteiger partial charge in [-0.05, 0) is 64.2 Å². The molecular formula is C16H26N2O2. The minimum Gasteiger partial charge on any atom is -0.494 e. The zero-order valence-corrected chi connectivity index (χ0v) is 12.6. The van der Waals surface area contributed by atoms with E-state index in [-0.39, 0.29) is 0 Å². The molecule has 0 bridgehead atoms. The molecule has 0 amide bonds. The number of rotatable bonds is 7. The largest absolute Gasteiger partial charge is 0.494 e. The highest BCUT2D eigenvalue weighted by Gasteiger charge is 2.17. The van der Waals surface area contributed by atoms with E-state index in [0.29, 0.717) is 12.6 Å². The van der Waals surface area contributed by atoms with Crippen LogP contribution in [0, 0.1) is 0 Å². The summed E-state index contributed by atoms with van der Waals surface area (Å²) in [7, 11) is 2.19. The molecule has 1 aromatic rings. The first-order valence-corrected chi connectivity index (χ1v) is 7.56. The van der Waals surface area contributed by atoms with Gasteiger partial charge in [0, 0.05) is 12.6 Å². The molecule has 0 aromatic heterocycles. The Kier molecular flexibility index (Phi) is 6.15. The van der Waals surface area contributed by atoms with Gasteiger partial charge >= 0.3 is 0 Å². The Morgan fingerprint density at radius 1 is 1.10 bits per heavy atom. The van der Waals surface area contributed by atoms with E-state index in [1.54, 1.807) is 0 Å². The van der Waals surface area contributed by atoms with Crippen LogP contribution in [0.1, 0.15) is 19.8 Å². The topological polar surface area (TPSA) is 33.7 Å². The molecule has 112 valence electrons. The molecule has 0 aliphatic carbocycles. The summed E-state index contributed by atoms with van der Waals surface area (Å²) in [6.45, 7) is 6.65. The highest BCUT2D eigenvalue weighted by molar-refractivity contribution is 5.31. The van der Waals surface area contributed by atoms with Gasteiger partial charge in [0.05, 0.1) is 6.61 Å². The van der Waals surface area contributed by atoms with Crippen LogP contribution in [0.5, 0.6) is 11.5 Å². The molecule has 4 heteroatoms. The van der Waals surface area contributed by atoms with E-state index >= 15 is 0 Å². The molecule has 1 fully saturated rings. The maximum absolute atomic E-state index is 5.79. The first-order valence-electron chi connectivity index (χ1n) is 7.56. The van der Waals surface area contributed by atoms with Gasteiger partial charge in [-0.15, -0.1) is 0 Å². The molecule has 0 atom stereocenters. The molecular weight excluding hydrogens is 252 g/mol. The SMILES string of the molecule is CCOc1ccc(OCCN(C)C2CCNCC2)cc1. The van der Waals surface area contributed by atoms with Crippen molar-refractivity contribution in [1.29, 1.82) is 0 Å². The minimum atomic E-state index is 0.695. The molecule has 0 spiro atoms. The molecule has 1 aliphatic rings. The molecule has 1 saturated heterocycles. The maximum atomic E-state index is 5.79. The van der Waals surface area contributed by atoms with Crippen LogP contribution in [-0.4, -0.2) is 50.8 Å². The summed E-state index contributed by atoms with van der Waals surface area (Å²) in [5, 5.41) is 3.40. The highest BCUT2D eigenvalue weighted by Crippen LogP contribution is 2.17. The van der Waals surface area contributed by atoms with Crippen LogP contribution >= 0.6 is 0 Å². The lowest BCUT2D eigenvalue weighted by atomic mass is 10.1. The van der Waals surface area contributed by atoms with Crippen LogP contribution in [0.15, 0.2) is 24.3 Å². The van der Waals surface area contributed by atoms with Gasteiger partial charge in [-0.1, -0.05) is 0 Å². The average Bonchev–Trinajstić information content (AvgIpc) is 2.50. The highest BCUT2D eigenvalue weighted by atomic mass is 16.5. The third kappa shape index (κ3) is 4.69. The van der Waals surface area contributed by atoms with Crippen molar-refractivity contribution in [2.45, 2.75) is 25.8 Å². The number of benzene rings is 1. The second kappa shape index (κ2) is 8.12. The summed E-state index contributed by atoms with van der Waals surface area (Å²) < 4.78 is 11.2. The van der Waals surface area contributed by atoms with Gasteiger partial charge in [-0.3, -0.25) is 4.90 Å². The minimum absolute atomic E-state index is 0.695. The standard InChI is InChI=1S/C16H26N2O2/c1-3-19-15-4-6-16(7-5-15)20-13-12-18(2)14-8-10-17-11-9-14/h4-7,14,17H,3,8-13H2,1-2H3. The predicted molar refractivity (Wildman–Crippen MR) is 81.6 cm³/mol. The first kappa shape index (κ1) is 15.1. The Hall–Kier alpha value is -1.26. The second-order valence-electron chi connectivity index (χ2n) is 5.21. The van der Waals surface area contributed by atoms with Crippen LogP contribution in [-0.2, 0) is 0 Å². The third-order valence-corrected chi connectivity index (χ3v) is 3.78. The molecule has 1 aromatic carbocycles. The summed E-state index contributed by atoms with van der Waals surface area (Å²) in [6.07, 6.45) is 2.47. The fraction of sp³-hybridized carbons (Fsp3) is 0.625. The van der Waals surface area contributed by atoms with E-state index in [1.807, 2.05) is 31.2 Å². The van der Waals surface area contributed by atoms with Crippen LogP contribution in [0.4, 0.5) is 0 Å². The van der Waals surface area contributed by atoms with Crippen molar-refractivity contribution in [2.24, 2.45) is 0 Å². The Balaban J connectivity index is 1.69. The summed E-state index contributed by atoms with van der Waals surface area (Å²) in [5.74, 6) is 1.80. The molecule has 20 heavy (non-hydrogen) atoms. The van der Waals surface area contributed by atoms with Gasteiger partial charge < -0.3 is 14.8 Å². The molecule has 1 aliphatic heterocycles. The van der Waals surface area contributed by atoms with Crippen molar-refractivity contribution in [3.63, 3.8) is 0 Å². The zero-order valence-electron chi connectivity index (χ0n) is 12.6. The van der Waals surface area contributed by atoms with Crippen LogP contribution < -0.4 is 14.8 Å². The van der Waals surface area contributed by atoms with Gasteiger partial charge in [-0.25, -0.2) is 0 Å². The zero-order chi connectivity index (χ0) is 14.2. The van der Waals surface area contributed by atoms with Crippen molar-refractivity contribution in [3.8, 4) is 11.5 Å². The van der Waals surface area contributed by atoms with Gasteiger partial charge in [0.1, 0.15) is 18.1 Å². The molecule has 4 nitrogen and oxygen atoms in total.